The number of ketones is 3. The highest BCUT2D eigenvalue weighted by molar-refractivity contribution is 6.52. The summed E-state index contributed by atoms with van der Waals surface area (Å²) in [5.41, 5.74) is 0.627. The molecular formula is C13H12O3. The van der Waals surface area contributed by atoms with Crippen LogP contribution in [-0.4, -0.2) is 17.3 Å². The predicted molar refractivity (Wildman–Crippen MR) is 58.0 cm³/mol. The molecule has 0 heterocycles. The molecular weight excluding hydrogens is 204 g/mol. The van der Waals surface area contributed by atoms with Crippen LogP contribution < -0.4 is 0 Å². The van der Waals surface area contributed by atoms with Crippen molar-refractivity contribution in [1.29, 1.82) is 0 Å². The van der Waals surface area contributed by atoms with Crippen LogP contribution in [0.15, 0.2) is 30.3 Å². The Morgan fingerprint density at radius 2 is 1.62 bits per heavy atom. The first-order chi connectivity index (χ1) is 7.66. The van der Waals surface area contributed by atoms with Gasteiger partial charge >= 0.3 is 0 Å². The summed E-state index contributed by atoms with van der Waals surface area (Å²) in [4.78, 5) is 35.2. The molecule has 1 aromatic rings. The summed E-state index contributed by atoms with van der Waals surface area (Å²) < 4.78 is 0. The van der Waals surface area contributed by atoms with Gasteiger partial charge in [0.2, 0.25) is 11.6 Å². The van der Waals surface area contributed by atoms with Crippen molar-refractivity contribution in [2.24, 2.45) is 5.92 Å². The molecule has 0 amide bonds. The van der Waals surface area contributed by atoms with Crippen LogP contribution in [0.4, 0.5) is 0 Å². The van der Waals surface area contributed by atoms with Gasteiger partial charge in [-0.15, -0.1) is 0 Å². The van der Waals surface area contributed by atoms with Crippen molar-refractivity contribution in [2.45, 2.75) is 19.3 Å². The summed E-state index contributed by atoms with van der Waals surface area (Å²) in [6, 6.07) is 8.77. The minimum atomic E-state index is -0.862. The van der Waals surface area contributed by atoms with Crippen molar-refractivity contribution in [3.05, 3.63) is 35.9 Å². The largest absolute Gasteiger partial charge is 0.298 e. The van der Waals surface area contributed by atoms with Crippen LogP contribution in [0.1, 0.15) is 24.8 Å². The lowest BCUT2D eigenvalue weighted by Gasteiger charge is -2.06. The molecule has 0 radical (unpaired) electrons. The Bertz CT molecular complexity index is 448. The maximum Gasteiger partial charge on any atom is 0.214 e. The van der Waals surface area contributed by atoms with E-state index >= 15 is 0 Å². The first-order valence-corrected chi connectivity index (χ1v) is 5.33. The SMILES string of the molecule is CCC1C(=O)C(=O)C(c2ccccc2)C1=O. The quantitative estimate of drug-likeness (QED) is 0.556. The molecule has 3 heteroatoms. The second-order valence-corrected chi connectivity index (χ2v) is 3.94. The van der Waals surface area contributed by atoms with Crippen LogP contribution in [0.2, 0.25) is 0 Å². The van der Waals surface area contributed by atoms with Gasteiger partial charge in [-0.05, 0) is 12.0 Å². The third-order valence-electron chi connectivity index (χ3n) is 2.99. The van der Waals surface area contributed by atoms with E-state index in [1.165, 1.54) is 0 Å². The van der Waals surface area contributed by atoms with E-state index in [9.17, 15) is 14.4 Å². The van der Waals surface area contributed by atoms with E-state index in [0.717, 1.165) is 0 Å². The highest BCUT2D eigenvalue weighted by Gasteiger charge is 2.48. The number of carbonyl (C=O) groups is 3. The lowest BCUT2D eigenvalue weighted by Crippen LogP contribution is -2.15. The Labute approximate surface area is 93.5 Å². The molecule has 0 aliphatic heterocycles. The Hall–Kier alpha value is -1.77. The second-order valence-electron chi connectivity index (χ2n) is 3.94. The van der Waals surface area contributed by atoms with Crippen LogP contribution >= 0.6 is 0 Å². The summed E-state index contributed by atoms with van der Waals surface area (Å²) in [5.74, 6) is -2.91. The predicted octanol–water partition coefficient (Wildman–Crippen LogP) is 1.52. The number of Topliss-reactive ketones (excluding diaryl/α,β-unsaturated/α-hetero) is 3. The third kappa shape index (κ3) is 1.48. The highest BCUT2D eigenvalue weighted by Crippen LogP contribution is 2.31. The van der Waals surface area contributed by atoms with Gasteiger partial charge in [0.1, 0.15) is 5.92 Å². The molecule has 0 spiro atoms. The summed E-state index contributed by atoms with van der Waals surface area (Å²) in [7, 11) is 0. The van der Waals surface area contributed by atoms with Crippen molar-refractivity contribution in [2.75, 3.05) is 0 Å². The average molecular weight is 216 g/mol. The van der Waals surface area contributed by atoms with E-state index in [1.807, 2.05) is 6.07 Å². The number of hydrogen-bond donors (Lipinski definition) is 0. The molecule has 1 saturated carbocycles. The minimum absolute atomic E-state index is 0.247. The Balaban J connectivity index is 2.41. The fraction of sp³-hybridized carbons (Fsp3) is 0.308. The molecule has 0 bridgehead atoms. The maximum atomic E-state index is 11.9. The number of rotatable bonds is 2. The number of carbonyl (C=O) groups excluding carboxylic acids is 3. The molecule has 2 unspecified atom stereocenters. The zero-order valence-electron chi connectivity index (χ0n) is 8.97. The molecule has 3 nitrogen and oxygen atoms in total. The summed E-state index contributed by atoms with van der Waals surface area (Å²) in [6.45, 7) is 1.75. The van der Waals surface area contributed by atoms with Crippen LogP contribution in [0, 0.1) is 5.92 Å². The fourth-order valence-electron chi connectivity index (χ4n) is 2.12. The first kappa shape index (κ1) is 10.7. The van der Waals surface area contributed by atoms with Crippen LogP contribution in [-0.2, 0) is 14.4 Å². The maximum absolute atomic E-state index is 11.9. The lowest BCUT2D eigenvalue weighted by molar-refractivity contribution is -0.136. The van der Waals surface area contributed by atoms with Crippen LogP contribution in [0.5, 0.6) is 0 Å². The van der Waals surface area contributed by atoms with E-state index in [2.05, 4.69) is 0 Å². The zero-order chi connectivity index (χ0) is 11.7. The van der Waals surface area contributed by atoms with E-state index < -0.39 is 23.4 Å². The van der Waals surface area contributed by atoms with Crippen molar-refractivity contribution in [3.8, 4) is 0 Å². The van der Waals surface area contributed by atoms with E-state index in [1.54, 1.807) is 31.2 Å². The molecule has 1 aliphatic carbocycles. The van der Waals surface area contributed by atoms with Crippen LogP contribution in [0.3, 0.4) is 0 Å². The highest BCUT2D eigenvalue weighted by atomic mass is 16.2. The van der Waals surface area contributed by atoms with Crippen LogP contribution in [0.25, 0.3) is 0 Å². The Morgan fingerprint density at radius 1 is 1.00 bits per heavy atom. The number of benzene rings is 1. The molecule has 1 aliphatic rings. The van der Waals surface area contributed by atoms with Crippen molar-refractivity contribution < 1.29 is 14.4 Å². The van der Waals surface area contributed by atoms with Gasteiger partial charge in [-0.1, -0.05) is 37.3 Å². The molecule has 0 saturated heterocycles. The van der Waals surface area contributed by atoms with E-state index in [0.29, 0.717) is 12.0 Å². The normalized spacial score (nSPS) is 25.2. The van der Waals surface area contributed by atoms with Gasteiger partial charge in [-0.2, -0.15) is 0 Å². The zero-order valence-corrected chi connectivity index (χ0v) is 8.97. The molecule has 2 atom stereocenters. The van der Waals surface area contributed by atoms with Crippen molar-refractivity contribution in [1.82, 2.24) is 0 Å². The van der Waals surface area contributed by atoms with Crippen molar-refractivity contribution >= 4 is 17.3 Å². The molecule has 16 heavy (non-hydrogen) atoms. The van der Waals surface area contributed by atoms with E-state index in [4.69, 9.17) is 0 Å². The average Bonchev–Trinajstić information content (AvgIpc) is 2.51. The Kier molecular flexibility index (Phi) is 2.69. The van der Waals surface area contributed by atoms with Gasteiger partial charge in [0.25, 0.3) is 0 Å². The molecule has 0 aromatic heterocycles. The molecule has 1 fully saturated rings. The van der Waals surface area contributed by atoms with E-state index in [-0.39, 0.29) is 5.78 Å². The van der Waals surface area contributed by atoms with Crippen molar-refractivity contribution in [3.63, 3.8) is 0 Å². The summed E-state index contributed by atoms with van der Waals surface area (Å²) in [5, 5.41) is 0. The first-order valence-electron chi connectivity index (χ1n) is 5.33. The third-order valence-corrected chi connectivity index (χ3v) is 2.99. The van der Waals surface area contributed by atoms with Gasteiger partial charge < -0.3 is 0 Å². The lowest BCUT2D eigenvalue weighted by atomic mass is 9.94. The molecule has 2 rings (SSSR count). The second kappa shape index (κ2) is 4.00. The summed E-state index contributed by atoms with van der Waals surface area (Å²) >= 11 is 0. The van der Waals surface area contributed by atoms with Gasteiger partial charge in [0.15, 0.2) is 5.78 Å². The minimum Gasteiger partial charge on any atom is -0.298 e. The van der Waals surface area contributed by atoms with Gasteiger partial charge in [0.05, 0.1) is 5.92 Å². The standard InChI is InChI=1S/C13H12O3/c1-2-9-11(14)10(13(16)12(9)15)8-6-4-3-5-7-8/h3-7,9-10H,2H2,1H3. The molecule has 82 valence electrons. The number of hydrogen-bond acceptors (Lipinski definition) is 3. The Morgan fingerprint density at radius 3 is 2.12 bits per heavy atom. The molecule has 0 N–H and O–H groups in total. The molecule has 1 aromatic carbocycles. The smallest absolute Gasteiger partial charge is 0.214 e. The van der Waals surface area contributed by atoms with Gasteiger partial charge in [-0.3, -0.25) is 14.4 Å². The summed E-state index contributed by atoms with van der Waals surface area (Å²) in [6.07, 6.45) is 0.409. The topological polar surface area (TPSA) is 51.2 Å². The van der Waals surface area contributed by atoms with Gasteiger partial charge in [0, 0.05) is 0 Å². The fourth-order valence-corrected chi connectivity index (χ4v) is 2.12. The van der Waals surface area contributed by atoms with Gasteiger partial charge in [-0.25, -0.2) is 0 Å². The monoisotopic (exact) mass is 216 g/mol.